The van der Waals surface area contributed by atoms with E-state index in [1.54, 1.807) is 25.2 Å². The number of hydrogen-bond acceptors (Lipinski definition) is 2. The fraction of sp³-hybridized carbons (Fsp3) is 0.455. The highest BCUT2D eigenvalue weighted by Gasteiger charge is 2.57. The molecule has 4 heteroatoms. The van der Waals surface area contributed by atoms with E-state index in [1.807, 2.05) is 0 Å². The number of alkyl halides is 2. The molecule has 1 aliphatic rings. The average Bonchev–Trinajstić information content (AvgIpc) is 2.14. The summed E-state index contributed by atoms with van der Waals surface area (Å²) in [6.45, 7) is 0. The zero-order valence-corrected chi connectivity index (χ0v) is 8.43. The Hall–Kier alpha value is -1.16. The van der Waals surface area contributed by atoms with Gasteiger partial charge in [0.05, 0.1) is 5.54 Å². The summed E-state index contributed by atoms with van der Waals surface area (Å²) in [7, 11) is 1.64. The van der Waals surface area contributed by atoms with Crippen molar-refractivity contribution in [1.29, 1.82) is 0 Å². The molecule has 0 atom stereocenters. The van der Waals surface area contributed by atoms with E-state index in [1.165, 1.54) is 6.07 Å². The molecule has 1 aromatic carbocycles. The van der Waals surface area contributed by atoms with Crippen LogP contribution < -0.4 is 5.32 Å². The first-order valence-corrected chi connectivity index (χ1v) is 4.84. The van der Waals surface area contributed by atoms with Crippen molar-refractivity contribution in [2.45, 2.75) is 24.3 Å². The van der Waals surface area contributed by atoms with E-state index in [0.717, 1.165) is 0 Å². The van der Waals surface area contributed by atoms with E-state index in [2.05, 4.69) is 5.32 Å². The smallest absolute Gasteiger partial charge is 0.252 e. The maximum absolute atomic E-state index is 12.9. The van der Waals surface area contributed by atoms with E-state index in [0.29, 0.717) is 5.56 Å². The summed E-state index contributed by atoms with van der Waals surface area (Å²) in [5.41, 5.74) is -0.215. The van der Waals surface area contributed by atoms with Gasteiger partial charge in [-0.25, -0.2) is 8.78 Å². The first-order chi connectivity index (χ1) is 6.99. The zero-order valence-electron chi connectivity index (χ0n) is 8.43. The fourth-order valence-corrected chi connectivity index (χ4v) is 2.21. The van der Waals surface area contributed by atoms with Crippen LogP contribution in [0, 0.1) is 0 Å². The third-order valence-corrected chi connectivity index (χ3v) is 3.02. The molecule has 2 N–H and O–H groups in total. The van der Waals surface area contributed by atoms with Gasteiger partial charge in [0, 0.05) is 18.4 Å². The van der Waals surface area contributed by atoms with Gasteiger partial charge < -0.3 is 10.4 Å². The molecule has 2 rings (SSSR count). The van der Waals surface area contributed by atoms with Gasteiger partial charge >= 0.3 is 0 Å². The van der Waals surface area contributed by atoms with Crippen LogP contribution in [0.15, 0.2) is 24.3 Å². The molecule has 0 saturated heterocycles. The van der Waals surface area contributed by atoms with Crippen molar-refractivity contribution in [3.05, 3.63) is 29.8 Å². The van der Waals surface area contributed by atoms with Gasteiger partial charge in [0.15, 0.2) is 0 Å². The second-order valence-corrected chi connectivity index (χ2v) is 4.06. The molecule has 1 fully saturated rings. The van der Waals surface area contributed by atoms with Crippen LogP contribution in [0.4, 0.5) is 8.78 Å². The predicted molar refractivity (Wildman–Crippen MR) is 53.0 cm³/mol. The molecular formula is C11H13F2NO. The molecule has 0 unspecified atom stereocenters. The quantitative estimate of drug-likeness (QED) is 0.789. The van der Waals surface area contributed by atoms with Crippen LogP contribution in [0.1, 0.15) is 18.4 Å². The molecule has 2 nitrogen and oxygen atoms in total. The molecule has 0 spiro atoms. The molecular weight excluding hydrogens is 200 g/mol. The lowest BCUT2D eigenvalue weighted by Gasteiger charge is -2.47. The number of halogens is 2. The van der Waals surface area contributed by atoms with E-state index in [9.17, 15) is 13.9 Å². The molecule has 0 aromatic heterocycles. The minimum Gasteiger partial charge on any atom is -0.508 e. The summed E-state index contributed by atoms with van der Waals surface area (Å²) in [5.74, 6) is -2.55. The third kappa shape index (κ3) is 1.59. The van der Waals surface area contributed by atoms with Crippen LogP contribution in [0.25, 0.3) is 0 Å². The highest BCUT2D eigenvalue weighted by atomic mass is 19.3. The lowest BCUT2D eigenvalue weighted by atomic mass is 9.69. The van der Waals surface area contributed by atoms with Crippen molar-refractivity contribution in [3.63, 3.8) is 0 Å². The summed E-state index contributed by atoms with van der Waals surface area (Å²) in [5, 5.41) is 12.5. The Balaban J connectivity index is 2.34. The molecule has 0 heterocycles. The van der Waals surface area contributed by atoms with Crippen molar-refractivity contribution in [1.82, 2.24) is 5.32 Å². The number of aromatic hydroxyl groups is 1. The SMILES string of the molecule is CNC1(c2ccccc2O)CC(F)(F)C1. The largest absolute Gasteiger partial charge is 0.508 e. The van der Waals surface area contributed by atoms with Crippen LogP contribution in [0.2, 0.25) is 0 Å². The number of phenols is 1. The Labute approximate surface area is 86.9 Å². The summed E-state index contributed by atoms with van der Waals surface area (Å²) in [6.07, 6.45) is -0.512. The Kier molecular flexibility index (Phi) is 2.19. The second-order valence-electron chi connectivity index (χ2n) is 4.06. The lowest BCUT2D eigenvalue weighted by molar-refractivity contribution is -0.136. The maximum Gasteiger partial charge on any atom is 0.252 e. The van der Waals surface area contributed by atoms with Crippen LogP contribution in [-0.2, 0) is 5.54 Å². The van der Waals surface area contributed by atoms with Crippen LogP contribution in [-0.4, -0.2) is 18.1 Å². The highest BCUT2D eigenvalue weighted by molar-refractivity contribution is 5.40. The monoisotopic (exact) mass is 213 g/mol. The van der Waals surface area contributed by atoms with Gasteiger partial charge in [-0.2, -0.15) is 0 Å². The first-order valence-electron chi connectivity index (χ1n) is 4.84. The number of phenolic OH excluding ortho intramolecular Hbond substituents is 1. The van der Waals surface area contributed by atoms with E-state index in [-0.39, 0.29) is 18.6 Å². The average molecular weight is 213 g/mol. The predicted octanol–water partition coefficient (Wildman–Crippen LogP) is 2.24. The van der Waals surface area contributed by atoms with Crippen LogP contribution >= 0.6 is 0 Å². The Morgan fingerprint density at radius 2 is 1.87 bits per heavy atom. The molecule has 82 valence electrons. The van der Waals surface area contributed by atoms with Crippen molar-refractivity contribution in [3.8, 4) is 5.75 Å². The van der Waals surface area contributed by atoms with E-state index < -0.39 is 11.5 Å². The molecule has 0 bridgehead atoms. The van der Waals surface area contributed by atoms with Gasteiger partial charge in [0.2, 0.25) is 0 Å². The van der Waals surface area contributed by atoms with Gasteiger partial charge in [0.25, 0.3) is 5.92 Å². The van der Waals surface area contributed by atoms with Crippen LogP contribution in [0.5, 0.6) is 5.75 Å². The Morgan fingerprint density at radius 3 is 2.33 bits per heavy atom. The fourth-order valence-electron chi connectivity index (χ4n) is 2.21. The first kappa shape index (κ1) is 10.4. The molecule has 1 aromatic rings. The Bertz CT molecular complexity index is 371. The normalized spacial score (nSPS) is 22.1. The number of benzene rings is 1. The van der Waals surface area contributed by atoms with Gasteiger partial charge in [0.1, 0.15) is 5.75 Å². The van der Waals surface area contributed by atoms with Crippen molar-refractivity contribution < 1.29 is 13.9 Å². The molecule has 0 aliphatic heterocycles. The van der Waals surface area contributed by atoms with Crippen molar-refractivity contribution in [2.75, 3.05) is 7.05 Å². The molecule has 1 saturated carbocycles. The minimum atomic E-state index is -2.62. The minimum absolute atomic E-state index is 0.0716. The number of nitrogens with one attached hydrogen (secondary N) is 1. The van der Waals surface area contributed by atoms with Gasteiger partial charge in [-0.15, -0.1) is 0 Å². The molecule has 0 radical (unpaired) electrons. The van der Waals surface area contributed by atoms with Gasteiger partial charge in [-0.3, -0.25) is 0 Å². The van der Waals surface area contributed by atoms with E-state index in [4.69, 9.17) is 0 Å². The molecule has 15 heavy (non-hydrogen) atoms. The number of rotatable bonds is 2. The summed E-state index contributed by atoms with van der Waals surface area (Å²) in [6, 6.07) is 6.62. The lowest BCUT2D eigenvalue weighted by Crippen LogP contribution is -2.57. The third-order valence-electron chi connectivity index (χ3n) is 3.02. The number of hydrogen-bond donors (Lipinski definition) is 2. The standard InChI is InChI=1S/C11H13F2NO/c1-14-10(6-11(12,13)7-10)8-4-2-3-5-9(8)15/h2-5,14-15H,6-7H2,1H3. The van der Waals surface area contributed by atoms with Crippen molar-refractivity contribution >= 4 is 0 Å². The molecule has 0 amide bonds. The number of para-hydroxylation sites is 1. The topological polar surface area (TPSA) is 32.3 Å². The van der Waals surface area contributed by atoms with Crippen LogP contribution in [0.3, 0.4) is 0 Å². The zero-order chi connectivity index (χ0) is 11.1. The summed E-state index contributed by atoms with van der Waals surface area (Å²) in [4.78, 5) is 0. The van der Waals surface area contributed by atoms with Crippen molar-refractivity contribution in [2.24, 2.45) is 0 Å². The highest BCUT2D eigenvalue weighted by Crippen LogP contribution is 2.53. The second kappa shape index (κ2) is 3.17. The Morgan fingerprint density at radius 1 is 1.27 bits per heavy atom. The summed E-state index contributed by atoms with van der Waals surface area (Å²) >= 11 is 0. The molecule has 1 aliphatic carbocycles. The maximum atomic E-state index is 12.9. The van der Waals surface area contributed by atoms with E-state index >= 15 is 0 Å². The summed E-state index contributed by atoms with van der Waals surface area (Å²) < 4.78 is 25.8. The van der Waals surface area contributed by atoms with Gasteiger partial charge in [-0.1, -0.05) is 18.2 Å². The van der Waals surface area contributed by atoms with Gasteiger partial charge in [-0.05, 0) is 13.1 Å².